The normalized spacial score (nSPS) is 11.3. The van der Waals surface area contributed by atoms with Gasteiger partial charge in [-0.1, -0.05) is 19.9 Å². The van der Waals surface area contributed by atoms with Crippen LogP contribution in [0.3, 0.4) is 0 Å². The SMILES string of the molecule is CCOc1ccc(NC(=O)CNC(=O)c2cccs2)cc1S(=O)(=O)N(CC)CC. The molecule has 0 radical (unpaired) electrons. The number of anilines is 1. The molecule has 0 unspecified atom stereocenters. The van der Waals surface area contributed by atoms with Gasteiger partial charge < -0.3 is 15.4 Å². The zero-order chi connectivity index (χ0) is 21.4. The molecule has 2 rings (SSSR count). The van der Waals surface area contributed by atoms with E-state index in [9.17, 15) is 18.0 Å². The van der Waals surface area contributed by atoms with Crippen molar-refractivity contribution in [2.75, 3.05) is 31.6 Å². The van der Waals surface area contributed by atoms with Crippen molar-refractivity contribution in [3.8, 4) is 5.75 Å². The topological polar surface area (TPSA) is 105 Å². The van der Waals surface area contributed by atoms with Crippen LogP contribution >= 0.6 is 11.3 Å². The molecule has 0 aliphatic rings. The Morgan fingerprint density at radius 3 is 2.45 bits per heavy atom. The molecule has 0 spiro atoms. The zero-order valence-electron chi connectivity index (χ0n) is 16.6. The minimum Gasteiger partial charge on any atom is -0.492 e. The summed E-state index contributed by atoms with van der Waals surface area (Å²) in [4.78, 5) is 24.6. The molecule has 2 N–H and O–H groups in total. The third-order valence-corrected chi connectivity index (χ3v) is 6.94. The van der Waals surface area contributed by atoms with Gasteiger partial charge >= 0.3 is 0 Å². The number of rotatable bonds is 10. The van der Waals surface area contributed by atoms with Crippen LogP contribution in [0.25, 0.3) is 0 Å². The highest BCUT2D eigenvalue weighted by Crippen LogP contribution is 2.30. The van der Waals surface area contributed by atoms with Crippen molar-refractivity contribution in [1.82, 2.24) is 9.62 Å². The van der Waals surface area contributed by atoms with Crippen molar-refractivity contribution >= 4 is 38.9 Å². The third-order valence-electron chi connectivity index (χ3n) is 4.01. The van der Waals surface area contributed by atoms with Crippen LogP contribution in [0.4, 0.5) is 5.69 Å². The van der Waals surface area contributed by atoms with Crippen LogP contribution in [-0.4, -0.2) is 50.8 Å². The van der Waals surface area contributed by atoms with Gasteiger partial charge in [-0.2, -0.15) is 4.31 Å². The quantitative estimate of drug-likeness (QED) is 0.592. The summed E-state index contributed by atoms with van der Waals surface area (Å²) in [5, 5.41) is 6.91. The van der Waals surface area contributed by atoms with Crippen LogP contribution in [-0.2, 0) is 14.8 Å². The lowest BCUT2D eigenvalue weighted by Crippen LogP contribution is -2.33. The second-order valence-electron chi connectivity index (χ2n) is 5.89. The first-order chi connectivity index (χ1) is 13.8. The summed E-state index contributed by atoms with van der Waals surface area (Å²) < 4.78 is 32.7. The number of hydrogen-bond acceptors (Lipinski definition) is 6. The molecule has 1 heterocycles. The Balaban J connectivity index is 2.17. The van der Waals surface area contributed by atoms with Gasteiger partial charge in [0.15, 0.2) is 0 Å². The van der Waals surface area contributed by atoms with Gasteiger partial charge in [-0.15, -0.1) is 11.3 Å². The second kappa shape index (κ2) is 10.4. The number of hydrogen-bond donors (Lipinski definition) is 2. The number of ether oxygens (including phenoxy) is 1. The van der Waals surface area contributed by atoms with Gasteiger partial charge in [-0.05, 0) is 36.6 Å². The number of thiophene rings is 1. The van der Waals surface area contributed by atoms with Gasteiger partial charge in [0, 0.05) is 18.8 Å². The molecule has 1 aromatic heterocycles. The molecule has 10 heteroatoms. The number of amides is 2. The molecule has 0 fully saturated rings. The van der Waals surface area contributed by atoms with Crippen molar-refractivity contribution in [1.29, 1.82) is 0 Å². The Kier molecular flexibility index (Phi) is 8.18. The summed E-state index contributed by atoms with van der Waals surface area (Å²) >= 11 is 1.28. The van der Waals surface area contributed by atoms with E-state index in [0.717, 1.165) is 0 Å². The van der Waals surface area contributed by atoms with Gasteiger partial charge in [-0.3, -0.25) is 9.59 Å². The van der Waals surface area contributed by atoms with E-state index >= 15 is 0 Å². The first-order valence-electron chi connectivity index (χ1n) is 9.22. The monoisotopic (exact) mass is 439 g/mol. The molecule has 29 heavy (non-hydrogen) atoms. The summed E-state index contributed by atoms with van der Waals surface area (Å²) in [5.41, 5.74) is 0.301. The van der Waals surface area contributed by atoms with E-state index in [1.54, 1.807) is 44.4 Å². The predicted octanol–water partition coefficient (Wildman–Crippen LogP) is 2.55. The summed E-state index contributed by atoms with van der Waals surface area (Å²) in [6, 6.07) is 7.86. The van der Waals surface area contributed by atoms with E-state index < -0.39 is 15.9 Å². The standard InChI is InChI=1S/C19H25N3O5S2/c1-4-22(5-2)29(25,26)17-12-14(9-10-15(17)27-6-3)21-18(23)13-20-19(24)16-8-7-11-28-16/h7-12H,4-6,13H2,1-3H3,(H,20,24)(H,21,23). The molecule has 2 aromatic rings. The lowest BCUT2D eigenvalue weighted by Gasteiger charge is -2.21. The van der Waals surface area contributed by atoms with E-state index in [4.69, 9.17) is 4.74 Å². The van der Waals surface area contributed by atoms with Crippen LogP contribution in [0.1, 0.15) is 30.4 Å². The first kappa shape index (κ1) is 22.9. The average Bonchev–Trinajstić information content (AvgIpc) is 3.23. The van der Waals surface area contributed by atoms with Crippen LogP contribution in [0.5, 0.6) is 5.75 Å². The Labute approximate surface area is 174 Å². The molecular weight excluding hydrogens is 414 g/mol. The predicted molar refractivity (Wildman–Crippen MR) is 113 cm³/mol. The van der Waals surface area contributed by atoms with Crippen LogP contribution < -0.4 is 15.4 Å². The molecular formula is C19H25N3O5S2. The molecule has 158 valence electrons. The lowest BCUT2D eigenvalue weighted by atomic mass is 10.3. The minimum atomic E-state index is -3.78. The summed E-state index contributed by atoms with van der Waals surface area (Å²) in [6.07, 6.45) is 0. The van der Waals surface area contributed by atoms with E-state index in [1.165, 1.54) is 27.8 Å². The molecule has 1 aromatic carbocycles. The summed E-state index contributed by atoms with van der Waals surface area (Å²) in [6.45, 7) is 5.97. The largest absolute Gasteiger partial charge is 0.492 e. The number of sulfonamides is 1. The van der Waals surface area contributed by atoms with Crippen LogP contribution in [0, 0.1) is 0 Å². The number of carbonyl (C=O) groups is 2. The van der Waals surface area contributed by atoms with Crippen molar-refractivity contribution in [3.63, 3.8) is 0 Å². The van der Waals surface area contributed by atoms with Gasteiger partial charge in [-0.25, -0.2) is 8.42 Å². The second-order valence-corrected chi connectivity index (χ2v) is 8.75. The fourth-order valence-corrected chi connectivity index (χ4v) is 4.88. The molecule has 0 aliphatic heterocycles. The Hall–Kier alpha value is -2.43. The smallest absolute Gasteiger partial charge is 0.261 e. The van der Waals surface area contributed by atoms with E-state index in [2.05, 4.69) is 10.6 Å². The van der Waals surface area contributed by atoms with E-state index in [0.29, 0.717) is 30.3 Å². The zero-order valence-corrected chi connectivity index (χ0v) is 18.2. The Morgan fingerprint density at radius 1 is 1.14 bits per heavy atom. The summed E-state index contributed by atoms with van der Waals surface area (Å²) in [7, 11) is -3.78. The fraction of sp³-hybridized carbons (Fsp3) is 0.368. The molecule has 8 nitrogen and oxygen atoms in total. The maximum atomic E-state index is 13.0. The first-order valence-corrected chi connectivity index (χ1v) is 11.5. The molecule has 2 amide bonds. The number of benzene rings is 1. The Morgan fingerprint density at radius 2 is 1.86 bits per heavy atom. The number of nitrogens with one attached hydrogen (secondary N) is 2. The molecule has 0 saturated heterocycles. The van der Waals surface area contributed by atoms with Gasteiger partial charge in [0.1, 0.15) is 10.6 Å². The van der Waals surface area contributed by atoms with Gasteiger partial charge in [0.05, 0.1) is 18.0 Å². The maximum Gasteiger partial charge on any atom is 0.261 e. The van der Waals surface area contributed by atoms with E-state index in [1.807, 2.05) is 0 Å². The highest BCUT2D eigenvalue weighted by molar-refractivity contribution is 7.89. The van der Waals surface area contributed by atoms with Crippen LogP contribution in [0.15, 0.2) is 40.6 Å². The number of nitrogens with zero attached hydrogens (tertiary/aromatic N) is 1. The molecule has 0 atom stereocenters. The Bertz CT molecular complexity index is 939. The van der Waals surface area contributed by atoms with Crippen molar-refractivity contribution in [3.05, 3.63) is 40.6 Å². The molecule has 0 saturated carbocycles. The maximum absolute atomic E-state index is 13.0. The molecule has 0 aliphatic carbocycles. The fourth-order valence-electron chi connectivity index (χ4n) is 2.63. The highest BCUT2D eigenvalue weighted by atomic mass is 32.2. The summed E-state index contributed by atoms with van der Waals surface area (Å²) in [5.74, 6) is -0.583. The van der Waals surface area contributed by atoms with Crippen molar-refractivity contribution in [2.45, 2.75) is 25.7 Å². The third kappa shape index (κ3) is 5.78. The lowest BCUT2D eigenvalue weighted by molar-refractivity contribution is -0.115. The minimum absolute atomic E-state index is 0.0107. The van der Waals surface area contributed by atoms with Gasteiger partial charge in [0.2, 0.25) is 15.9 Å². The highest BCUT2D eigenvalue weighted by Gasteiger charge is 2.26. The van der Waals surface area contributed by atoms with E-state index in [-0.39, 0.29) is 23.1 Å². The number of carbonyl (C=O) groups excluding carboxylic acids is 2. The van der Waals surface area contributed by atoms with Crippen molar-refractivity contribution in [2.24, 2.45) is 0 Å². The average molecular weight is 440 g/mol. The van der Waals surface area contributed by atoms with Gasteiger partial charge in [0.25, 0.3) is 5.91 Å². The molecule has 0 bridgehead atoms. The van der Waals surface area contributed by atoms with Crippen LogP contribution in [0.2, 0.25) is 0 Å². The van der Waals surface area contributed by atoms with Crippen molar-refractivity contribution < 1.29 is 22.7 Å².